The third-order valence-electron chi connectivity index (χ3n) is 8.09. The lowest BCUT2D eigenvalue weighted by atomic mass is 9.73. The first-order valence-electron chi connectivity index (χ1n) is 14.1. The number of pyridine rings is 1. The normalized spacial score (nSPS) is 20.8. The molecule has 2 atom stereocenters. The highest BCUT2D eigenvalue weighted by atomic mass is 19.1. The van der Waals surface area contributed by atoms with Gasteiger partial charge in [0.1, 0.15) is 11.8 Å². The van der Waals surface area contributed by atoms with E-state index < -0.39 is 11.8 Å². The van der Waals surface area contributed by atoms with Crippen LogP contribution in [0.5, 0.6) is 0 Å². The molecule has 7 rings (SSSR count). The van der Waals surface area contributed by atoms with Crippen LogP contribution >= 0.6 is 0 Å². The van der Waals surface area contributed by atoms with Gasteiger partial charge in [0.05, 0.1) is 23.2 Å². The van der Waals surface area contributed by atoms with Crippen LogP contribution in [-0.2, 0) is 4.74 Å². The van der Waals surface area contributed by atoms with E-state index in [1.165, 1.54) is 0 Å². The second kappa shape index (κ2) is 9.27. The minimum atomic E-state index is -0.924. The summed E-state index contributed by atoms with van der Waals surface area (Å²) in [7, 11) is 0. The summed E-state index contributed by atoms with van der Waals surface area (Å²) in [5.41, 5.74) is 3.85. The fourth-order valence-electron chi connectivity index (χ4n) is 5.71. The third kappa shape index (κ3) is 4.74. The number of ether oxygens (including phenoxy) is 1. The number of hydrogen-bond acceptors (Lipinski definition) is 8. The first-order valence-corrected chi connectivity index (χ1v) is 14.1. The van der Waals surface area contributed by atoms with Gasteiger partial charge in [-0.15, -0.1) is 0 Å². The van der Waals surface area contributed by atoms with E-state index in [2.05, 4.69) is 25.5 Å². The van der Waals surface area contributed by atoms with Crippen molar-refractivity contribution < 1.29 is 23.2 Å². The maximum Gasteiger partial charge on any atom is 0.410 e. The zero-order valence-corrected chi connectivity index (χ0v) is 23.9. The van der Waals surface area contributed by atoms with Gasteiger partial charge < -0.3 is 24.4 Å². The van der Waals surface area contributed by atoms with E-state index in [0.29, 0.717) is 53.6 Å². The second-order valence-electron chi connectivity index (χ2n) is 12.8. The van der Waals surface area contributed by atoms with Crippen molar-refractivity contribution in [3.63, 3.8) is 0 Å². The van der Waals surface area contributed by atoms with Gasteiger partial charge in [-0.05, 0) is 57.9 Å². The highest BCUT2D eigenvalue weighted by Gasteiger charge is 2.54. The minimum Gasteiger partial charge on any atom is -0.444 e. The van der Waals surface area contributed by atoms with E-state index in [1.807, 2.05) is 58.2 Å². The lowest BCUT2D eigenvalue weighted by molar-refractivity contribution is -0.0453. The molecule has 2 aliphatic heterocycles. The molecule has 2 amide bonds. The maximum absolute atomic E-state index is 13.4. The summed E-state index contributed by atoms with van der Waals surface area (Å²) in [5.74, 6) is 0.0465. The number of aromatic nitrogens is 4. The van der Waals surface area contributed by atoms with Crippen LogP contribution in [-0.4, -0.2) is 74.6 Å². The number of fused-ring (bicyclic) bond motifs is 1. The molecule has 4 aromatic rings. The predicted octanol–water partition coefficient (Wildman–Crippen LogP) is 4.83. The van der Waals surface area contributed by atoms with Gasteiger partial charge >= 0.3 is 6.09 Å². The number of alkyl halides is 1. The number of carbonyl (C=O) groups is 2. The van der Waals surface area contributed by atoms with Crippen LogP contribution in [0.4, 0.5) is 20.6 Å². The Kier molecular flexibility index (Phi) is 5.83. The van der Waals surface area contributed by atoms with Gasteiger partial charge in [0.25, 0.3) is 5.91 Å². The Morgan fingerprint density at radius 2 is 1.90 bits per heavy atom. The molecule has 3 aromatic heterocycles. The van der Waals surface area contributed by atoms with Crippen molar-refractivity contribution >= 4 is 28.9 Å². The molecule has 1 N–H and O–H groups in total. The van der Waals surface area contributed by atoms with Crippen LogP contribution < -0.4 is 10.2 Å². The summed E-state index contributed by atoms with van der Waals surface area (Å²) < 4.78 is 25.8. The van der Waals surface area contributed by atoms with Gasteiger partial charge in [0, 0.05) is 54.7 Å². The summed E-state index contributed by atoms with van der Waals surface area (Å²) >= 11 is 0. The Morgan fingerprint density at radius 1 is 1.14 bits per heavy atom. The molecule has 0 radical (unpaired) electrons. The molecule has 0 unspecified atom stereocenters. The standard InChI is InChI=1S/C30H32FN7O4/c1-17-5-6-18(25-34-27(42-35-25)20-11-22(20)31)9-23(17)33-26(39)21-12-32-38-8-7-19(10-24(21)38)36-13-30(14-36)15-37(16-30)28(40)41-29(2,3)4/h5-10,12,20,22H,11,13-16H2,1-4H3,(H,33,39)/t20-,22-/m0/s1. The van der Waals surface area contributed by atoms with Crippen LogP contribution in [0.15, 0.2) is 47.2 Å². The number of likely N-dealkylation sites (tertiary alicyclic amines) is 1. The van der Waals surface area contributed by atoms with Crippen molar-refractivity contribution in [1.82, 2.24) is 24.7 Å². The number of carbonyl (C=O) groups excluding carboxylic acids is 2. The Bertz CT molecular complexity index is 1710. The van der Waals surface area contributed by atoms with Crippen LogP contribution in [0.25, 0.3) is 16.9 Å². The van der Waals surface area contributed by atoms with Gasteiger partial charge in [-0.25, -0.2) is 13.7 Å². The SMILES string of the molecule is Cc1ccc(-c2noc([C@H]3C[C@@H]3F)n2)cc1NC(=O)c1cnn2ccc(N3CC4(CN(C(=O)OC(C)(C)C)C4)C3)cc12. The summed E-state index contributed by atoms with van der Waals surface area (Å²) in [4.78, 5) is 34.1. The molecule has 3 aliphatic rings. The van der Waals surface area contributed by atoms with Crippen molar-refractivity contribution in [2.45, 2.75) is 51.8 Å². The number of anilines is 2. The molecule has 1 aromatic carbocycles. The zero-order chi connectivity index (χ0) is 29.4. The molecule has 3 fully saturated rings. The average Bonchev–Trinajstić information content (AvgIpc) is 3.25. The Labute approximate surface area is 241 Å². The molecule has 218 valence electrons. The number of nitrogens with zero attached hydrogens (tertiary/aromatic N) is 6. The highest BCUT2D eigenvalue weighted by Crippen LogP contribution is 2.44. The van der Waals surface area contributed by atoms with E-state index in [-0.39, 0.29) is 23.3 Å². The number of halogens is 1. The molecular formula is C30H32FN7O4. The van der Waals surface area contributed by atoms with E-state index >= 15 is 0 Å². The number of rotatable bonds is 5. The summed E-state index contributed by atoms with van der Waals surface area (Å²) in [6.07, 6.45) is 2.63. The van der Waals surface area contributed by atoms with Crippen molar-refractivity contribution in [2.75, 3.05) is 36.4 Å². The topological polar surface area (TPSA) is 118 Å². The fraction of sp³-hybridized carbons (Fsp3) is 0.433. The molecule has 1 spiro atoms. The maximum atomic E-state index is 13.4. The van der Waals surface area contributed by atoms with Gasteiger partial charge in [0.2, 0.25) is 11.7 Å². The van der Waals surface area contributed by atoms with E-state index in [0.717, 1.165) is 24.3 Å². The van der Waals surface area contributed by atoms with Crippen molar-refractivity contribution in [2.24, 2.45) is 5.41 Å². The lowest BCUT2D eigenvalue weighted by Crippen LogP contribution is -2.73. The minimum absolute atomic E-state index is 0.0811. The average molecular weight is 574 g/mol. The summed E-state index contributed by atoms with van der Waals surface area (Å²) in [5, 5.41) is 11.4. The summed E-state index contributed by atoms with van der Waals surface area (Å²) in [6, 6.07) is 9.46. The summed E-state index contributed by atoms with van der Waals surface area (Å²) in [6.45, 7) is 10.5. The number of aryl methyl sites for hydroxylation is 1. The molecule has 11 nitrogen and oxygen atoms in total. The van der Waals surface area contributed by atoms with Gasteiger partial charge in [-0.1, -0.05) is 17.3 Å². The van der Waals surface area contributed by atoms with Crippen LogP contribution in [0, 0.1) is 12.3 Å². The predicted molar refractivity (Wildman–Crippen MR) is 152 cm³/mol. The molecule has 1 aliphatic carbocycles. The van der Waals surface area contributed by atoms with Gasteiger partial charge in [0.15, 0.2) is 0 Å². The number of benzene rings is 1. The number of amides is 2. The monoisotopic (exact) mass is 573 g/mol. The number of nitrogens with one attached hydrogen (secondary N) is 1. The molecular weight excluding hydrogens is 541 g/mol. The Morgan fingerprint density at radius 3 is 2.62 bits per heavy atom. The molecule has 0 bridgehead atoms. The largest absolute Gasteiger partial charge is 0.444 e. The third-order valence-corrected chi connectivity index (χ3v) is 8.09. The van der Waals surface area contributed by atoms with Crippen LogP contribution in [0.2, 0.25) is 0 Å². The molecule has 1 saturated carbocycles. The van der Waals surface area contributed by atoms with Crippen LogP contribution in [0.3, 0.4) is 0 Å². The van der Waals surface area contributed by atoms with Gasteiger partial charge in [-0.2, -0.15) is 10.1 Å². The van der Waals surface area contributed by atoms with Crippen molar-refractivity contribution in [1.29, 1.82) is 0 Å². The van der Waals surface area contributed by atoms with Gasteiger partial charge in [-0.3, -0.25) is 4.79 Å². The Balaban J connectivity index is 1.03. The zero-order valence-electron chi connectivity index (χ0n) is 23.9. The highest BCUT2D eigenvalue weighted by molar-refractivity contribution is 6.09. The molecule has 12 heteroatoms. The van der Waals surface area contributed by atoms with E-state index in [1.54, 1.807) is 21.7 Å². The molecule has 42 heavy (non-hydrogen) atoms. The number of hydrogen-bond donors (Lipinski definition) is 1. The first-order chi connectivity index (χ1) is 20.0. The first kappa shape index (κ1) is 26.4. The second-order valence-corrected chi connectivity index (χ2v) is 12.8. The molecule has 5 heterocycles. The quantitative estimate of drug-likeness (QED) is 0.361. The Hall–Kier alpha value is -4.48. The lowest BCUT2D eigenvalue weighted by Gasteiger charge is -2.60. The van der Waals surface area contributed by atoms with E-state index in [4.69, 9.17) is 9.26 Å². The van der Waals surface area contributed by atoms with E-state index in [9.17, 15) is 14.0 Å². The molecule has 2 saturated heterocycles. The van der Waals surface area contributed by atoms with Crippen LogP contribution in [0.1, 0.15) is 54.9 Å². The smallest absolute Gasteiger partial charge is 0.410 e. The van der Waals surface area contributed by atoms with Crippen molar-refractivity contribution in [3.8, 4) is 11.4 Å². The van der Waals surface area contributed by atoms with Crippen molar-refractivity contribution in [3.05, 3.63) is 59.7 Å². The fourth-order valence-corrected chi connectivity index (χ4v) is 5.71.